The quantitative estimate of drug-likeness (QED) is 0.585. The lowest BCUT2D eigenvalue weighted by Crippen LogP contribution is -2.17. The van der Waals surface area contributed by atoms with Crippen molar-refractivity contribution in [3.8, 4) is 5.75 Å². The number of rotatable bonds is 5. The van der Waals surface area contributed by atoms with Crippen LogP contribution in [0, 0.1) is 0 Å². The second kappa shape index (κ2) is 7.74. The highest BCUT2D eigenvalue weighted by molar-refractivity contribution is 5.96. The van der Waals surface area contributed by atoms with Gasteiger partial charge >= 0.3 is 0 Å². The van der Waals surface area contributed by atoms with Crippen LogP contribution in [0.3, 0.4) is 0 Å². The van der Waals surface area contributed by atoms with Gasteiger partial charge in [-0.2, -0.15) is 5.10 Å². The lowest BCUT2D eigenvalue weighted by Gasteiger charge is -2.04. The fourth-order valence-corrected chi connectivity index (χ4v) is 1.78. The number of hydrogen-bond acceptors (Lipinski definition) is 4. The lowest BCUT2D eigenvalue weighted by atomic mass is 10.2. The van der Waals surface area contributed by atoms with Crippen molar-refractivity contribution in [3.63, 3.8) is 0 Å². The van der Waals surface area contributed by atoms with E-state index in [0.29, 0.717) is 23.2 Å². The van der Waals surface area contributed by atoms with Crippen LogP contribution in [-0.2, 0) is 4.79 Å². The van der Waals surface area contributed by atoms with Gasteiger partial charge in [-0.3, -0.25) is 9.59 Å². The van der Waals surface area contributed by atoms with Crippen molar-refractivity contribution < 1.29 is 14.7 Å². The maximum Gasteiger partial charge on any atom is 0.271 e. The molecule has 0 saturated carbocycles. The van der Waals surface area contributed by atoms with Crippen LogP contribution < -0.4 is 10.7 Å². The van der Waals surface area contributed by atoms with Crippen LogP contribution in [0.4, 0.5) is 5.69 Å². The van der Waals surface area contributed by atoms with E-state index in [1.54, 1.807) is 49.4 Å². The Morgan fingerprint density at radius 1 is 1.13 bits per heavy atom. The van der Waals surface area contributed by atoms with E-state index in [0.717, 1.165) is 0 Å². The number of hydrogen-bond donors (Lipinski definition) is 3. The summed E-state index contributed by atoms with van der Waals surface area (Å²) in [6, 6.07) is 13.1. The molecule has 0 saturated heterocycles. The van der Waals surface area contributed by atoms with Crippen molar-refractivity contribution in [3.05, 3.63) is 59.7 Å². The van der Waals surface area contributed by atoms with Crippen molar-refractivity contribution in [1.82, 2.24) is 5.43 Å². The molecule has 0 aromatic heterocycles. The van der Waals surface area contributed by atoms with Crippen molar-refractivity contribution in [1.29, 1.82) is 0 Å². The molecule has 2 aromatic rings. The van der Waals surface area contributed by atoms with E-state index in [1.165, 1.54) is 12.3 Å². The Labute approximate surface area is 133 Å². The van der Waals surface area contributed by atoms with E-state index in [9.17, 15) is 14.7 Å². The predicted molar refractivity (Wildman–Crippen MR) is 88.5 cm³/mol. The normalized spacial score (nSPS) is 10.5. The van der Waals surface area contributed by atoms with Gasteiger partial charge in [-0.25, -0.2) is 5.43 Å². The third kappa shape index (κ3) is 4.67. The maximum absolute atomic E-state index is 11.9. The van der Waals surface area contributed by atoms with Gasteiger partial charge in [0.05, 0.1) is 6.21 Å². The number of carbonyl (C=O) groups excluding carboxylic acids is 2. The van der Waals surface area contributed by atoms with Crippen molar-refractivity contribution in [2.75, 3.05) is 5.32 Å². The van der Waals surface area contributed by atoms with E-state index in [-0.39, 0.29) is 17.6 Å². The second-order valence-electron chi connectivity index (χ2n) is 4.74. The third-order valence-electron chi connectivity index (χ3n) is 3.06. The molecule has 0 unspecified atom stereocenters. The summed E-state index contributed by atoms with van der Waals surface area (Å²) in [5.41, 5.74) is 3.92. The first-order valence-electron chi connectivity index (χ1n) is 7.11. The summed E-state index contributed by atoms with van der Waals surface area (Å²) in [6.07, 6.45) is 1.76. The summed E-state index contributed by atoms with van der Waals surface area (Å²) >= 11 is 0. The largest absolute Gasteiger partial charge is 0.507 e. The summed E-state index contributed by atoms with van der Waals surface area (Å²) in [4.78, 5) is 23.2. The molecule has 23 heavy (non-hydrogen) atoms. The van der Waals surface area contributed by atoms with Gasteiger partial charge < -0.3 is 10.4 Å². The second-order valence-corrected chi connectivity index (χ2v) is 4.74. The van der Waals surface area contributed by atoms with E-state index in [1.807, 2.05) is 0 Å². The average Bonchev–Trinajstić information content (AvgIpc) is 2.57. The van der Waals surface area contributed by atoms with Crippen LogP contribution in [0.2, 0.25) is 0 Å². The highest BCUT2D eigenvalue weighted by atomic mass is 16.3. The molecule has 0 atom stereocenters. The van der Waals surface area contributed by atoms with Gasteiger partial charge in [0.1, 0.15) is 5.75 Å². The minimum atomic E-state index is -0.384. The number of anilines is 1. The number of hydrazone groups is 1. The number of carbonyl (C=O) groups is 2. The number of benzene rings is 2. The number of aromatic hydroxyl groups is 1. The van der Waals surface area contributed by atoms with E-state index in [2.05, 4.69) is 15.8 Å². The molecule has 6 nitrogen and oxygen atoms in total. The molecular formula is C17H17N3O3. The molecule has 2 rings (SSSR count). The molecule has 2 amide bonds. The highest BCUT2D eigenvalue weighted by Crippen LogP contribution is 2.13. The molecule has 0 bridgehead atoms. The summed E-state index contributed by atoms with van der Waals surface area (Å²) in [7, 11) is 0. The van der Waals surface area contributed by atoms with Crippen LogP contribution >= 0.6 is 0 Å². The Morgan fingerprint density at radius 3 is 2.48 bits per heavy atom. The Kier molecular flexibility index (Phi) is 5.46. The molecule has 0 spiro atoms. The van der Waals surface area contributed by atoms with Crippen molar-refractivity contribution in [2.24, 2.45) is 5.10 Å². The molecule has 0 aliphatic heterocycles. The molecule has 0 radical (unpaired) electrons. The SMILES string of the molecule is CCC(=O)Nc1ccc(C(=O)N/N=C/c2ccccc2O)cc1. The molecule has 2 aromatic carbocycles. The Bertz CT molecular complexity index is 724. The highest BCUT2D eigenvalue weighted by Gasteiger charge is 2.05. The van der Waals surface area contributed by atoms with Gasteiger partial charge in [-0.15, -0.1) is 0 Å². The van der Waals surface area contributed by atoms with Gasteiger partial charge in [0.2, 0.25) is 5.91 Å². The number of phenols is 1. The topological polar surface area (TPSA) is 90.8 Å². The Hall–Kier alpha value is -3.15. The Balaban J connectivity index is 1.96. The summed E-state index contributed by atoms with van der Waals surface area (Å²) in [5, 5.41) is 16.1. The minimum Gasteiger partial charge on any atom is -0.507 e. The first-order valence-corrected chi connectivity index (χ1v) is 7.11. The lowest BCUT2D eigenvalue weighted by molar-refractivity contribution is -0.115. The number of nitrogens with zero attached hydrogens (tertiary/aromatic N) is 1. The predicted octanol–water partition coefficient (Wildman–Crippen LogP) is 2.50. The standard InChI is InChI=1S/C17H17N3O3/c1-2-16(22)19-14-9-7-12(8-10-14)17(23)20-18-11-13-5-3-4-6-15(13)21/h3-11,21H,2H2,1H3,(H,19,22)(H,20,23)/b18-11+. The van der Waals surface area contributed by atoms with E-state index in [4.69, 9.17) is 0 Å². The van der Waals surface area contributed by atoms with Crippen LogP contribution in [0.5, 0.6) is 5.75 Å². The van der Waals surface area contributed by atoms with Crippen LogP contribution in [0.15, 0.2) is 53.6 Å². The monoisotopic (exact) mass is 311 g/mol. The molecule has 118 valence electrons. The fourth-order valence-electron chi connectivity index (χ4n) is 1.78. The molecule has 0 aliphatic carbocycles. The smallest absolute Gasteiger partial charge is 0.271 e. The fraction of sp³-hybridized carbons (Fsp3) is 0.118. The van der Waals surface area contributed by atoms with Gasteiger partial charge in [-0.1, -0.05) is 19.1 Å². The van der Waals surface area contributed by atoms with E-state index < -0.39 is 0 Å². The molecular weight excluding hydrogens is 294 g/mol. The molecule has 6 heteroatoms. The van der Waals surface area contributed by atoms with E-state index >= 15 is 0 Å². The Morgan fingerprint density at radius 2 is 1.83 bits per heavy atom. The molecule has 3 N–H and O–H groups in total. The maximum atomic E-state index is 11.9. The van der Waals surface area contributed by atoms with Gasteiger partial charge in [0.15, 0.2) is 0 Å². The number of phenolic OH excluding ortho intramolecular Hbond substituents is 1. The summed E-state index contributed by atoms with van der Waals surface area (Å²) < 4.78 is 0. The zero-order valence-electron chi connectivity index (χ0n) is 12.6. The third-order valence-corrected chi connectivity index (χ3v) is 3.06. The first kappa shape index (κ1) is 16.2. The van der Waals surface area contributed by atoms with Crippen LogP contribution in [-0.4, -0.2) is 23.1 Å². The van der Waals surface area contributed by atoms with Gasteiger partial charge in [-0.05, 0) is 36.4 Å². The van der Waals surface area contributed by atoms with Crippen LogP contribution in [0.25, 0.3) is 0 Å². The van der Waals surface area contributed by atoms with Crippen LogP contribution in [0.1, 0.15) is 29.3 Å². The molecule has 0 heterocycles. The van der Waals surface area contributed by atoms with Gasteiger partial charge in [0.25, 0.3) is 5.91 Å². The van der Waals surface area contributed by atoms with Crippen molar-refractivity contribution >= 4 is 23.7 Å². The molecule has 0 fully saturated rings. The summed E-state index contributed by atoms with van der Waals surface area (Å²) in [5.74, 6) is -0.388. The van der Waals surface area contributed by atoms with Crippen molar-refractivity contribution in [2.45, 2.75) is 13.3 Å². The zero-order chi connectivity index (χ0) is 16.7. The first-order chi connectivity index (χ1) is 11.1. The number of para-hydroxylation sites is 1. The van der Waals surface area contributed by atoms with Gasteiger partial charge in [0, 0.05) is 23.2 Å². The zero-order valence-corrected chi connectivity index (χ0v) is 12.6. The minimum absolute atomic E-state index is 0.0847. The molecule has 0 aliphatic rings. The number of nitrogens with one attached hydrogen (secondary N) is 2. The number of amides is 2. The average molecular weight is 311 g/mol. The summed E-state index contributed by atoms with van der Waals surface area (Å²) in [6.45, 7) is 1.76.